The largest absolute Gasteiger partial charge is 0.394 e. The first-order valence-corrected chi connectivity index (χ1v) is 20.9. The highest BCUT2D eigenvalue weighted by Crippen LogP contribution is 2.39. The van der Waals surface area contributed by atoms with Crippen molar-refractivity contribution in [3.63, 3.8) is 0 Å². The minimum atomic E-state index is -2.98. The topological polar surface area (TPSA) is 405 Å². The Bertz CT molecular complexity index is 1330. The van der Waals surface area contributed by atoms with Crippen LogP contribution in [-0.4, -0.2) is 269 Å². The minimum absolute atomic E-state index is 0.102. The molecule has 0 bridgehead atoms. The summed E-state index contributed by atoms with van der Waals surface area (Å²) in [6, 6.07) is 0. The maximum Gasteiger partial charge on any atom is 0.313 e. The molecule has 0 amide bonds. The van der Waals surface area contributed by atoms with Crippen molar-refractivity contribution in [3.8, 4) is 0 Å². The monoisotopic (exact) mass is 930 g/mol. The SMILES string of the molecule is CCO[C@@]1(O)O[C@H](OC2C(O)[C@@H](OC3C(O)[C@@H](OCCCCCS)OC(CO)[C@H]3O)OC(CO)[C@H]2O)C(O[C@H]2OC(CO)[C@@H](O)C(O)C2O[C@H]2OC(CO)[C@@H](O)C(O)C2O)C1O. The molecule has 27 heteroatoms. The summed E-state index contributed by atoms with van der Waals surface area (Å²) >= 11 is 4.16. The van der Waals surface area contributed by atoms with Crippen LogP contribution >= 0.6 is 12.6 Å². The first-order chi connectivity index (χ1) is 29.5. The molecule has 364 valence electrons. The van der Waals surface area contributed by atoms with Crippen molar-refractivity contribution in [2.24, 2.45) is 0 Å². The summed E-state index contributed by atoms with van der Waals surface area (Å²) in [5, 5.41) is 160. The Morgan fingerprint density at radius 3 is 1.47 bits per heavy atom. The summed E-state index contributed by atoms with van der Waals surface area (Å²) in [4.78, 5) is 0. The normalized spacial score (nSPS) is 49.0. The summed E-state index contributed by atoms with van der Waals surface area (Å²) in [5.74, 6) is -2.34. The number of thiol groups is 1. The van der Waals surface area contributed by atoms with E-state index in [0.29, 0.717) is 12.2 Å². The third-order valence-electron chi connectivity index (χ3n) is 11.2. The second-order valence-corrected chi connectivity index (χ2v) is 15.8. The molecular weight excluding hydrogens is 868 g/mol. The van der Waals surface area contributed by atoms with Gasteiger partial charge < -0.3 is 124 Å². The average Bonchev–Trinajstić information content (AvgIpc) is 3.48. The van der Waals surface area contributed by atoms with Crippen LogP contribution in [0.15, 0.2) is 0 Å². The van der Waals surface area contributed by atoms with Crippen LogP contribution in [0.3, 0.4) is 0 Å². The molecule has 0 aromatic carbocycles. The summed E-state index contributed by atoms with van der Waals surface area (Å²) in [5.41, 5.74) is 0. The highest BCUT2D eigenvalue weighted by atomic mass is 32.1. The Morgan fingerprint density at radius 2 is 0.919 bits per heavy atom. The molecule has 26 nitrogen and oxygen atoms in total. The third-order valence-corrected chi connectivity index (χ3v) is 11.5. The lowest BCUT2D eigenvalue weighted by atomic mass is 9.96. The number of rotatable bonds is 20. The number of aliphatic hydroxyl groups excluding tert-OH is 14. The van der Waals surface area contributed by atoms with Crippen LogP contribution in [0.2, 0.25) is 0 Å². The van der Waals surface area contributed by atoms with Gasteiger partial charge in [0.05, 0.1) is 26.4 Å². The van der Waals surface area contributed by atoms with Gasteiger partial charge in [0.2, 0.25) is 0 Å². The molecular formula is C35H62O26S. The van der Waals surface area contributed by atoms with Crippen molar-refractivity contribution in [2.45, 2.75) is 173 Å². The van der Waals surface area contributed by atoms with Gasteiger partial charge in [-0.2, -0.15) is 12.6 Å². The number of hydrogen-bond acceptors (Lipinski definition) is 27. The van der Waals surface area contributed by atoms with Crippen molar-refractivity contribution in [1.82, 2.24) is 0 Å². The van der Waals surface area contributed by atoms with Crippen LogP contribution in [0.25, 0.3) is 0 Å². The van der Waals surface area contributed by atoms with Crippen LogP contribution in [0.4, 0.5) is 0 Å². The Morgan fingerprint density at radius 1 is 0.468 bits per heavy atom. The first-order valence-electron chi connectivity index (χ1n) is 20.2. The number of hydrogen-bond donors (Lipinski definition) is 16. The Hall–Kier alpha value is -0.690. The van der Waals surface area contributed by atoms with Crippen molar-refractivity contribution in [2.75, 3.05) is 45.4 Å². The molecule has 0 radical (unpaired) electrons. The van der Waals surface area contributed by atoms with Crippen LogP contribution in [0, 0.1) is 0 Å². The zero-order valence-electron chi connectivity index (χ0n) is 33.5. The van der Waals surface area contributed by atoms with Gasteiger partial charge in [0.25, 0.3) is 0 Å². The van der Waals surface area contributed by atoms with E-state index < -0.39 is 174 Å². The number of ether oxygens (including phenoxy) is 11. The van der Waals surface area contributed by atoms with Gasteiger partial charge in [0.15, 0.2) is 37.6 Å². The highest BCUT2D eigenvalue weighted by Gasteiger charge is 2.62. The Balaban J connectivity index is 1.39. The van der Waals surface area contributed by atoms with E-state index in [0.717, 1.165) is 12.8 Å². The fourth-order valence-corrected chi connectivity index (χ4v) is 7.83. The maximum atomic E-state index is 11.6. The van der Waals surface area contributed by atoms with Gasteiger partial charge >= 0.3 is 5.97 Å². The lowest BCUT2D eigenvalue weighted by Crippen LogP contribution is -2.66. The zero-order chi connectivity index (χ0) is 45.6. The summed E-state index contributed by atoms with van der Waals surface area (Å²) in [6.07, 6.45) is -41.0. The van der Waals surface area contributed by atoms with E-state index in [-0.39, 0.29) is 13.2 Å². The predicted octanol–water partition coefficient (Wildman–Crippen LogP) is -8.84. The lowest BCUT2D eigenvalue weighted by molar-refractivity contribution is -0.407. The summed E-state index contributed by atoms with van der Waals surface area (Å²) in [7, 11) is 0. The van der Waals surface area contributed by atoms with Crippen LogP contribution in [0.1, 0.15) is 26.2 Å². The summed E-state index contributed by atoms with van der Waals surface area (Å²) in [6.45, 7) is -2.34. The van der Waals surface area contributed by atoms with E-state index in [9.17, 15) is 76.6 Å². The molecule has 14 unspecified atom stereocenters. The highest BCUT2D eigenvalue weighted by molar-refractivity contribution is 7.80. The standard InChI is InChI=1S/C35H62O26S/c1-2-52-35(50)29(49)28(60-33-27(21(45)17(41)13(9-37)56-33)59-31-22(46)20(44)16(40)12(8-36)54-31)34(61-35)58-26-19(43)15(11-39)55-32(24(26)48)57-25-18(42)14(10-38)53-30(23(25)47)51-6-4-3-5-7-62/h12-34,36-50,62H,2-11H2,1H3/t12?,13?,14?,15?,16-,17-,18-,19-,20?,21?,22?,23?,24?,25?,26?,27?,28?,29?,30+,31-,32-,33-,34+,35-/m1/s1. The average molecular weight is 931 g/mol. The quantitative estimate of drug-likeness (QED) is 0.0306. The second kappa shape index (κ2) is 23.4. The molecule has 15 N–H and O–H groups in total. The van der Waals surface area contributed by atoms with Crippen molar-refractivity contribution >= 4 is 12.6 Å². The molecule has 5 fully saturated rings. The van der Waals surface area contributed by atoms with Crippen molar-refractivity contribution < 1.29 is 129 Å². The predicted molar refractivity (Wildman–Crippen MR) is 198 cm³/mol. The van der Waals surface area contributed by atoms with E-state index in [4.69, 9.17) is 52.1 Å². The molecule has 0 aromatic heterocycles. The van der Waals surface area contributed by atoms with Crippen molar-refractivity contribution in [1.29, 1.82) is 0 Å². The van der Waals surface area contributed by atoms with Crippen molar-refractivity contribution in [3.05, 3.63) is 0 Å². The summed E-state index contributed by atoms with van der Waals surface area (Å²) < 4.78 is 61.8. The molecule has 24 atom stereocenters. The molecule has 5 rings (SSSR count). The van der Waals surface area contributed by atoms with Gasteiger partial charge in [-0.3, -0.25) is 4.74 Å². The molecule has 0 aromatic rings. The van der Waals surface area contributed by atoms with Gasteiger partial charge in [-0.1, -0.05) is 6.42 Å². The smallest absolute Gasteiger partial charge is 0.313 e. The number of unbranched alkanes of at least 4 members (excludes halogenated alkanes) is 2. The zero-order valence-corrected chi connectivity index (χ0v) is 34.4. The van der Waals surface area contributed by atoms with Gasteiger partial charge in [-0.25, -0.2) is 0 Å². The van der Waals surface area contributed by atoms with Crippen LogP contribution < -0.4 is 0 Å². The molecule has 5 aliphatic heterocycles. The van der Waals surface area contributed by atoms with Crippen LogP contribution in [0.5, 0.6) is 0 Å². The van der Waals surface area contributed by atoms with E-state index >= 15 is 0 Å². The van der Waals surface area contributed by atoms with E-state index in [1.165, 1.54) is 6.92 Å². The minimum Gasteiger partial charge on any atom is -0.394 e. The molecule has 0 spiro atoms. The van der Waals surface area contributed by atoms with E-state index in [1.54, 1.807) is 0 Å². The van der Waals surface area contributed by atoms with Gasteiger partial charge in [0.1, 0.15) is 104 Å². The van der Waals surface area contributed by atoms with Crippen LogP contribution in [-0.2, 0) is 52.1 Å². The maximum absolute atomic E-state index is 11.6. The Labute approximate surface area is 359 Å². The second-order valence-electron chi connectivity index (χ2n) is 15.4. The fourth-order valence-electron chi connectivity index (χ4n) is 7.61. The molecule has 5 saturated heterocycles. The number of aliphatic hydroxyl groups is 15. The lowest BCUT2D eigenvalue weighted by Gasteiger charge is -2.47. The molecule has 5 aliphatic rings. The third kappa shape index (κ3) is 11.3. The molecule has 0 saturated carbocycles. The van der Waals surface area contributed by atoms with Gasteiger partial charge in [-0.05, 0) is 25.5 Å². The first kappa shape index (κ1) is 52.3. The molecule has 62 heavy (non-hydrogen) atoms. The van der Waals surface area contributed by atoms with E-state index in [1.807, 2.05) is 0 Å². The van der Waals surface area contributed by atoms with Gasteiger partial charge in [-0.15, -0.1) is 0 Å². The Kier molecular flexibility index (Phi) is 19.7. The fraction of sp³-hybridized carbons (Fsp3) is 1.00. The molecule has 0 aliphatic carbocycles. The molecule has 5 heterocycles. The van der Waals surface area contributed by atoms with Gasteiger partial charge in [0, 0.05) is 13.2 Å². The van der Waals surface area contributed by atoms with E-state index in [2.05, 4.69) is 12.6 Å².